The molecule has 0 bridgehead atoms. The molecule has 0 saturated carbocycles. The van der Waals surface area contributed by atoms with Crippen molar-refractivity contribution in [3.05, 3.63) is 228 Å². The SMILES string of the molecule is CC(C)(C)c1cc(-c2c(C(C)(C)C)ccc3[cH-]c(-c4ccccc4)cc23)cc(C(C)(C)C)c1.CC(C)(C)c1cc(-c2c(C(C)(C)C)ccc3[cH-]c(-c4ccccc4)cc23)cc(C(C)(C)C)c1.[Cl][Zr][Cl].[c-]1cccc2c1[Si]c1ccccc1-2. The first kappa shape index (κ1) is 62.7. The van der Waals surface area contributed by atoms with Crippen LogP contribution in [0.4, 0.5) is 0 Å². The Morgan fingerprint density at radius 3 is 1.09 bits per heavy atom. The number of rotatable bonds is 4. The summed E-state index contributed by atoms with van der Waals surface area (Å²) < 4.78 is 0. The Labute approximate surface area is 515 Å². The van der Waals surface area contributed by atoms with Crippen molar-refractivity contribution in [3.8, 4) is 55.6 Å². The van der Waals surface area contributed by atoms with Crippen LogP contribution in [0.5, 0.6) is 0 Å². The normalized spacial score (nSPS) is 12.6. The van der Waals surface area contributed by atoms with Gasteiger partial charge in [0, 0.05) is 0 Å². The Hall–Kier alpha value is -5.34. The smallest absolute Gasteiger partial charge is 0.0920 e. The van der Waals surface area contributed by atoms with Gasteiger partial charge in [0.1, 0.15) is 0 Å². The maximum absolute atomic E-state index is 4.93. The first-order valence-electron chi connectivity index (χ1n) is 29.1. The fourth-order valence-corrected chi connectivity index (χ4v) is 12.3. The van der Waals surface area contributed by atoms with E-state index in [1.165, 1.54) is 121 Å². The summed E-state index contributed by atoms with van der Waals surface area (Å²) in [4.78, 5) is 0. The molecule has 10 aromatic carbocycles. The van der Waals surface area contributed by atoms with E-state index in [0.29, 0.717) is 0 Å². The van der Waals surface area contributed by atoms with E-state index >= 15 is 0 Å². The van der Waals surface area contributed by atoms with E-state index in [1.807, 2.05) is 6.07 Å². The molecule has 1 aliphatic heterocycles. The van der Waals surface area contributed by atoms with Crippen LogP contribution in [0, 0.1) is 6.07 Å². The van der Waals surface area contributed by atoms with Gasteiger partial charge in [0.25, 0.3) is 0 Å². The molecule has 422 valence electrons. The van der Waals surface area contributed by atoms with E-state index in [9.17, 15) is 0 Å². The second kappa shape index (κ2) is 24.7. The van der Waals surface area contributed by atoms with E-state index in [2.05, 4.69) is 313 Å². The van der Waals surface area contributed by atoms with E-state index in [0.717, 1.165) is 9.52 Å². The molecule has 0 saturated heterocycles. The van der Waals surface area contributed by atoms with Crippen molar-refractivity contribution in [2.24, 2.45) is 0 Å². The Kier molecular flexibility index (Phi) is 18.9. The quantitative estimate of drug-likeness (QED) is 0.122. The molecule has 4 heteroatoms. The molecule has 0 fully saturated rings. The first-order chi connectivity index (χ1) is 38.4. The number of hydrogen-bond acceptors (Lipinski definition) is 0. The van der Waals surface area contributed by atoms with Crippen LogP contribution in [-0.4, -0.2) is 9.52 Å². The molecule has 10 aromatic rings. The maximum Gasteiger partial charge on any atom is 0.0920 e. The van der Waals surface area contributed by atoms with Crippen molar-refractivity contribution in [3.63, 3.8) is 0 Å². The molecule has 0 aliphatic carbocycles. The Morgan fingerprint density at radius 1 is 0.366 bits per heavy atom. The summed E-state index contributed by atoms with van der Waals surface area (Å²) in [7, 11) is 10.7. The van der Waals surface area contributed by atoms with Gasteiger partial charge >= 0.3 is 37.9 Å². The zero-order valence-electron chi connectivity index (χ0n) is 52.2. The average molecular weight is 1210 g/mol. The Morgan fingerprint density at radius 2 is 0.720 bits per heavy atom. The average Bonchev–Trinajstić information content (AvgIpc) is 4.30. The molecule has 0 aromatic heterocycles. The molecule has 82 heavy (non-hydrogen) atoms. The first-order valence-corrected chi connectivity index (χ1v) is 36.4. The van der Waals surface area contributed by atoms with Gasteiger partial charge < -0.3 is 0 Å². The van der Waals surface area contributed by atoms with Crippen molar-refractivity contribution in [2.75, 3.05) is 0 Å². The summed E-state index contributed by atoms with van der Waals surface area (Å²) in [5.41, 5.74) is 22.2. The zero-order chi connectivity index (χ0) is 59.7. The van der Waals surface area contributed by atoms with Gasteiger partial charge in [-0.25, -0.2) is 0 Å². The summed E-state index contributed by atoms with van der Waals surface area (Å²) in [6, 6.07) is 73.1. The number of hydrogen-bond donors (Lipinski definition) is 0. The molecule has 1 heterocycles. The van der Waals surface area contributed by atoms with Gasteiger partial charge in [-0.15, -0.1) is 74.6 Å². The summed E-state index contributed by atoms with van der Waals surface area (Å²) in [6.45, 7) is 41.8. The van der Waals surface area contributed by atoms with Crippen LogP contribution in [0.1, 0.15) is 158 Å². The second-order valence-electron chi connectivity index (χ2n) is 28.5. The summed E-state index contributed by atoms with van der Waals surface area (Å²) in [5, 5.41) is 8.16. The zero-order valence-corrected chi connectivity index (χ0v) is 57.1. The van der Waals surface area contributed by atoms with Crippen LogP contribution in [0.3, 0.4) is 0 Å². The monoisotopic (exact) mass is 1210 g/mol. The van der Waals surface area contributed by atoms with Crippen LogP contribution >= 0.6 is 17.0 Å². The number of fused-ring (bicyclic) bond motifs is 5. The van der Waals surface area contributed by atoms with E-state index < -0.39 is 20.8 Å². The van der Waals surface area contributed by atoms with Gasteiger partial charge in [0.2, 0.25) is 0 Å². The maximum atomic E-state index is 4.93. The topological polar surface area (TPSA) is 0 Å². The predicted molar refractivity (Wildman–Crippen MR) is 360 cm³/mol. The minimum Gasteiger partial charge on any atom is -0.184 e. The van der Waals surface area contributed by atoms with Crippen molar-refractivity contribution in [1.82, 2.24) is 0 Å². The summed E-state index contributed by atoms with van der Waals surface area (Å²) in [5.74, 6) is 0. The van der Waals surface area contributed by atoms with Crippen molar-refractivity contribution in [1.29, 1.82) is 0 Å². The van der Waals surface area contributed by atoms with Gasteiger partial charge in [0.05, 0.1) is 9.52 Å². The molecule has 2 radical (unpaired) electrons. The third-order valence-corrected chi connectivity index (χ3v) is 17.2. The van der Waals surface area contributed by atoms with E-state index in [1.54, 1.807) is 0 Å². The van der Waals surface area contributed by atoms with E-state index in [-0.39, 0.29) is 32.5 Å². The van der Waals surface area contributed by atoms with Crippen molar-refractivity contribution in [2.45, 2.75) is 157 Å². The van der Waals surface area contributed by atoms with Crippen LogP contribution in [0.15, 0.2) is 188 Å². The molecule has 0 spiro atoms. The molecule has 1 aliphatic rings. The third-order valence-electron chi connectivity index (χ3n) is 15.9. The fourth-order valence-electron chi connectivity index (χ4n) is 11.0. The molecular formula is C78H85Cl2SiZr-3. The molecule has 0 atom stereocenters. The largest absolute Gasteiger partial charge is 0.184 e. The Balaban J connectivity index is 0.000000169. The van der Waals surface area contributed by atoms with Crippen molar-refractivity contribution < 1.29 is 20.8 Å². The standard InChI is InChI=1S/2C33H39.C12H7Si.2ClH.Zr/c2*1-31(2,3)26-18-25(19-27(21-26)32(4,5)6)30-28-20-24(22-13-11-10-12-14-22)17-23(28)15-16-29(30)33(7,8)9;1-3-7-11-9(5-1)10-6-2-4-8-12(10)13-11;;;/h2*10-21H,1-9H3;1-7H;2*1H;/q3*-1;;;+2/p-2. The van der Waals surface area contributed by atoms with Gasteiger partial charge in [0.15, 0.2) is 0 Å². The van der Waals surface area contributed by atoms with Crippen LogP contribution in [0.2, 0.25) is 0 Å². The van der Waals surface area contributed by atoms with Gasteiger partial charge in [-0.3, -0.25) is 0 Å². The van der Waals surface area contributed by atoms with E-state index in [4.69, 9.17) is 17.0 Å². The molecule has 0 N–H and O–H groups in total. The molecule has 0 amide bonds. The summed E-state index contributed by atoms with van der Waals surface area (Å²) in [6.07, 6.45) is 0. The van der Waals surface area contributed by atoms with Gasteiger partial charge in [-0.1, -0.05) is 280 Å². The van der Waals surface area contributed by atoms with Crippen LogP contribution < -0.4 is 10.4 Å². The van der Waals surface area contributed by atoms with Gasteiger partial charge in [-0.2, -0.15) is 29.5 Å². The molecular weight excluding hydrogens is 1130 g/mol. The second-order valence-corrected chi connectivity index (χ2v) is 33.5. The third kappa shape index (κ3) is 14.6. The van der Waals surface area contributed by atoms with Crippen molar-refractivity contribution >= 4 is 58.5 Å². The Bertz CT molecular complexity index is 3490. The predicted octanol–water partition coefficient (Wildman–Crippen LogP) is 22.1. The van der Waals surface area contributed by atoms with Gasteiger partial charge in [-0.05, 0) is 88.1 Å². The fraction of sp³-hybridized carbons (Fsp3) is 0.308. The summed E-state index contributed by atoms with van der Waals surface area (Å²) >= 11 is -0.826. The number of halogens is 2. The molecule has 0 unspecified atom stereocenters. The number of benzene rings is 8. The molecule has 11 rings (SSSR count). The molecule has 0 nitrogen and oxygen atoms in total. The van der Waals surface area contributed by atoms with Crippen LogP contribution in [0.25, 0.3) is 77.2 Å². The minimum absolute atomic E-state index is 0.0489. The minimum atomic E-state index is -0.826. The van der Waals surface area contributed by atoms with Crippen LogP contribution in [-0.2, 0) is 53.3 Å².